The van der Waals surface area contributed by atoms with Crippen molar-refractivity contribution in [1.82, 2.24) is 0 Å². The summed E-state index contributed by atoms with van der Waals surface area (Å²) in [5, 5.41) is 31.0. The lowest BCUT2D eigenvalue weighted by molar-refractivity contribution is -0.160. The molecule has 0 unspecified atom stereocenters. The van der Waals surface area contributed by atoms with Gasteiger partial charge < -0.3 is 24.8 Å². The summed E-state index contributed by atoms with van der Waals surface area (Å²) in [6.07, 6.45) is 1.33. The summed E-state index contributed by atoms with van der Waals surface area (Å²) in [5.41, 5.74) is 0. The first-order valence-electron chi connectivity index (χ1n) is 9.36. The van der Waals surface area contributed by atoms with Gasteiger partial charge in [-0.15, -0.1) is 0 Å². The molecular formula is C20H32O7. The molecule has 7 heteroatoms. The second-order valence-corrected chi connectivity index (χ2v) is 7.10. The Morgan fingerprint density at radius 2 is 1.85 bits per heavy atom. The van der Waals surface area contributed by atoms with Crippen LogP contribution in [-0.4, -0.2) is 64.7 Å². The number of esters is 1. The van der Waals surface area contributed by atoms with Crippen molar-refractivity contribution in [1.29, 1.82) is 0 Å². The van der Waals surface area contributed by atoms with Crippen molar-refractivity contribution in [2.45, 2.75) is 70.6 Å². The molecule has 0 aromatic rings. The first-order chi connectivity index (χ1) is 12.7. The van der Waals surface area contributed by atoms with E-state index in [9.17, 15) is 24.9 Å². The molecule has 0 aromatic carbocycles. The number of hydrogen-bond donors (Lipinski definition) is 3. The highest BCUT2D eigenvalue weighted by Gasteiger charge is 2.35. The minimum atomic E-state index is -1.27. The molecule has 0 saturated carbocycles. The van der Waals surface area contributed by atoms with Crippen LogP contribution in [0.5, 0.6) is 0 Å². The average molecular weight is 384 g/mol. The predicted octanol–water partition coefficient (Wildman–Crippen LogP) is 1.15. The zero-order valence-corrected chi connectivity index (χ0v) is 16.4. The number of ether oxygens (including phenoxy) is 2. The lowest BCUT2D eigenvalue weighted by atomic mass is 9.83. The van der Waals surface area contributed by atoms with E-state index in [1.807, 2.05) is 6.92 Å². The molecule has 1 heterocycles. The number of methoxy groups -OCH3 is 1. The van der Waals surface area contributed by atoms with Crippen LogP contribution < -0.4 is 0 Å². The number of carbonyl (C=O) groups excluding carboxylic acids is 2. The fourth-order valence-corrected chi connectivity index (χ4v) is 3.17. The third kappa shape index (κ3) is 7.18. The number of ketones is 1. The van der Waals surface area contributed by atoms with E-state index in [0.29, 0.717) is 12.8 Å². The van der Waals surface area contributed by atoms with Crippen LogP contribution in [-0.2, 0) is 19.1 Å². The molecule has 0 amide bonds. The molecule has 0 aromatic heterocycles. The molecular weight excluding hydrogens is 352 g/mol. The lowest BCUT2D eigenvalue weighted by Gasteiger charge is -2.32. The molecule has 1 aliphatic heterocycles. The molecule has 0 spiro atoms. The number of allylic oxidation sites excluding steroid dienone is 3. The smallest absolute Gasteiger partial charge is 0.308 e. The van der Waals surface area contributed by atoms with E-state index in [0.717, 1.165) is 0 Å². The van der Waals surface area contributed by atoms with Crippen LogP contribution in [0.15, 0.2) is 24.3 Å². The predicted molar refractivity (Wildman–Crippen MR) is 99.8 cm³/mol. The summed E-state index contributed by atoms with van der Waals surface area (Å²) < 4.78 is 10.4. The SMILES string of the molecule is CC[C@H]1C[C@@H](C)C(=O)/C=C/C=C/[C@H](O)[C@@H](C)OC(=O)C[C@@H](O)[C@H](OC)[C@H]1O. The first kappa shape index (κ1) is 23.5. The van der Waals surface area contributed by atoms with Crippen LogP contribution in [0, 0.1) is 11.8 Å². The van der Waals surface area contributed by atoms with E-state index in [2.05, 4.69) is 0 Å². The largest absolute Gasteiger partial charge is 0.459 e. The van der Waals surface area contributed by atoms with Gasteiger partial charge in [-0.2, -0.15) is 0 Å². The highest BCUT2D eigenvalue weighted by atomic mass is 16.6. The number of carbonyl (C=O) groups is 2. The topological polar surface area (TPSA) is 113 Å². The molecule has 7 atom stereocenters. The standard InChI is InChI=1S/C20H32O7/c1-5-14-10-12(2)15(21)8-6-7-9-16(22)13(3)27-18(24)11-17(23)20(26-4)19(14)25/h6-9,12-14,16-17,19-20,22-23,25H,5,10-11H2,1-4H3/b8-6+,9-7+/t12-,13-,14+,16+,17-,19+,20+/m1/s1. The zero-order valence-electron chi connectivity index (χ0n) is 16.4. The van der Waals surface area contributed by atoms with Gasteiger partial charge in [0.1, 0.15) is 18.3 Å². The number of aliphatic hydroxyl groups excluding tert-OH is 3. The van der Waals surface area contributed by atoms with Crippen LogP contribution >= 0.6 is 0 Å². The Morgan fingerprint density at radius 1 is 1.19 bits per heavy atom. The minimum Gasteiger partial charge on any atom is -0.459 e. The summed E-state index contributed by atoms with van der Waals surface area (Å²) in [6.45, 7) is 5.19. The third-order valence-electron chi connectivity index (χ3n) is 4.99. The Labute approximate surface area is 160 Å². The summed E-state index contributed by atoms with van der Waals surface area (Å²) in [6, 6.07) is 0. The Balaban J connectivity index is 3.11. The van der Waals surface area contributed by atoms with Gasteiger partial charge >= 0.3 is 5.97 Å². The van der Waals surface area contributed by atoms with Crippen molar-refractivity contribution in [3.8, 4) is 0 Å². The second kappa shape index (κ2) is 11.3. The average Bonchev–Trinajstić information content (AvgIpc) is 2.61. The third-order valence-corrected chi connectivity index (χ3v) is 4.99. The fourth-order valence-electron chi connectivity index (χ4n) is 3.17. The lowest BCUT2D eigenvalue weighted by Crippen LogP contribution is -2.45. The summed E-state index contributed by atoms with van der Waals surface area (Å²) in [7, 11) is 1.35. The Morgan fingerprint density at radius 3 is 2.44 bits per heavy atom. The maximum absolute atomic E-state index is 12.3. The molecule has 0 saturated heterocycles. The molecule has 0 fully saturated rings. The molecule has 7 nitrogen and oxygen atoms in total. The fraction of sp³-hybridized carbons (Fsp3) is 0.700. The summed E-state index contributed by atoms with van der Waals surface area (Å²) in [5.74, 6) is -1.40. The molecule has 27 heavy (non-hydrogen) atoms. The molecule has 0 aliphatic carbocycles. The molecule has 1 aliphatic rings. The number of hydrogen-bond acceptors (Lipinski definition) is 7. The van der Waals surface area contributed by atoms with E-state index >= 15 is 0 Å². The van der Waals surface area contributed by atoms with Gasteiger partial charge in [0.05, 0.1) is 18.6 Å². The molecule has 0 bridgehead atoms. The van der Waals surface area contributed by atoms with E-state index in [1.165, 1.54) is 38.3 Å². The van der Waals surface area contributed by atoms with Crippen LogP contribution in [0.3, 0.4) is 0 Å². The number of rotatable bonds is 2. The van der Waals surface area contributed by atoms with E-state index < -0.39 is 36.5 Å². The maximum atomic E-state index is 12.3. The van der Waals surface area contributed by atoms with Gasteiger partial charge in [0.25, 0.3) is 0 Å². The van der Waals surface area contributed by atoms with Crippen LogP contribution in [0.1, 0.15) is 40.0 Å². The monoisotopic (exact) mass is 384 g/mol. The summed E-state index contributed by atoms with van der Waals surface area (Å²) >= 11 is 0. The molecule has 1 rings (SSSR count). The molecule has 154 valence electrons. The second-order valence-electron chi connectivity index (χ2n) is 7.10. The first-order valence-corrected chi connectivity index (χ1v) is 9.36. The van der Waals surface area contributed by atoms with Gasteiger partial charge in [0.15, 0.2) is 5.78 Å². The van der Waals surface area contributed by atoms with Crippen molar-refractivity contribution in [2.75, 3.05) is 7.11 Å². The normalized spacial score (nSPS) is 39.6. The van der Waals surface area contributed by atoms with Crippen molar-refractivity contribution in [3.05, 3.63) is 24.3 Å². The van der Waals surface area contributed by atoms with Gasteiger partial charge in [0.2, 0.25) is 0 Å². The van der Waals surface area contributed by atoms with Gasteiger partial charge in [-0.1, -0.05) is 38.5 Å². The van der Waals surface area contributed by atoms with Crippen LogP contribution in [0.2, 0.25) is 0 Å². The van der Waals surface area contributed by atoms with Crippen molar-refractivity contribution in [2.24, 2.45) is 11.8 Å². The van der Waals surface area contributed by atoms with Crippen molar-refractivity contribution < 1.29 is 34.4 Å². The molecule has 3 N–H and O–H groups in total. The van der Waals surface area contributed by atoms with E-state index in [1.54, 1.807) is 6.92 Å². The van der Waals surface area contributed by atoms with Gasteiger partial charge in [-0.25, -0.2) is 0 Å². The van der Waals surface area contributed by atoms with E-state index in [4.69, 9.17) is 9.47 Å². The zero-order chi connectivity index (χ0) is 20.6. The number of cyclic esters (lactones) is 1. The van der Waals surface area contributed by atoms with Crippen molar-refractivity contribution >= 4 is 11.8 Å². The molecule has 0 radical (unpaired) electrons. The minimum absolute atomic E-state index is 0.0964. The quantitative estimate of drug-likeness (QED) is 0.612. The Hall–Kier alpha value is -1.54. The van der Waals surface area contributed by atoms with Crippen LogP contribution in [0.25, 0.3) is 0 Å². The Kier molecular flexibility index (Phi) is 9.87. The van der Waals surface area contributed by atoms with Gasteiger partial charge in [-0.3, -0.25) is 9.59 Å². The van der Waals surface area contributed by atoms with Gasteiger partial charge in [-0.05, 0) is 25.3 Å². The highest BCUT2D eigenvalue weighted by Crippen LogP contribution is 2.25. The Bertz CT molecular complexity index is 542. The van der Waals surface area contributed by atoms with Crippen LogP contribution in [0.4, 0.5) is 0 Å². The summed E-state index contributed by atoms with van der Waals surface area (Å²) in [4.78, 5) is 24.3. The maximum Gasteiger partial charge on any atom is 0.308 e. The van der Waals surface area contributed by atoms with Crippen molar-refractivity contribution in [3.63, 3.8) is 0 Å². The number of aliphatic hydroxyl groups is 3. The van der Waals surface area contributed by atoms with Gasteiger partial charge in [0, 0.05) is 13.0 Å². The highest BCUT2D eigenvalue weighted by molar-refractivity contribution is 5.91. The van der Waals surface area contributed by atoms with E-state index in [-0.39, 0.29) is 24.0 Å².